The molecule has 0 bridgehead atoms. The zero-order chi connectivity index (χ0) is 15.5. The lowest BCUT2D eigenvalue weighted by Gasteiger charge is -2.24. The van der Waals surface area contributed by atoms with Gasteiger partial charge in [-0.15, -0.1) is 0 Å². The van der Waals surface area contributed by atoms with Crippen molar-refractivity contribution in [3.8, 4) is 0 Å². The summed E-state index contributed by atoms with van der Waals surface area (Å²) in [4.78, 5) is 10.2. The number of nitro groups is 1. The van der Waals surface area contributed by atoms with Crippen molar-refractivity contribution in [3.63, 3.8) is 0 Å². The molecule has 21 heavy (non-hydrogen) atoms. The van der Waals surface area contributed by atoms with Crippen molar-refractivity contribution in [1.82, 2.24) is 5.32 Å². The van der Waals surface area contributed by atoms with Crippen LogP contribution in [0.3, 0.4) is 0 Å². The molecule has 1 aliphatic heterocycles. The number of nitrogens with zero attached hydrogens (tertiary/aromatic N) is 1. The Balaban J connectivity index is 1.84. The molecule has 0 spiro atoms. The average molecular weight is 312 g/mol. The van der Waals surface area contributed by atoms with Crippen LogP contribution in [0.15, 0.2) is 24.3 Å². The van der Waals surface area contributed by atoms with Gasteiger partial charge in [0.25, 0.3) is 5.69 Å². The van der Waals surface area contributed by atoms with E-state index in [0.29, 0.717) is 18.8 Å². The van der Waals surface area contributed by atoms with Crippen LogP contribution in [0.2, 0.25) is 0 Å². The summed E-state index contributed by atoms with van der Waals surface area (Å²) in [6, 6.07) is 6.59. The summed E-state index contributed by atoms with van der Waals surface area (Å²) in [5, 5.41) is 14.0. The predicted molar refractivity (Wildman–Crippen MR) is 80.9 cm³/mol. The van der Waals surface area contributed by atoms with Crippen LogP contribution in [0.1, 0.15) is 31.4 Å². The fraction of sp³-hybridized carbons (Fsp3) is 0.571. The fourth-order valence-electron chi connectivity index (χ4n) is 2.49. The third-order valence-electron chi connectivity index (χ3n) is 3.99. The Labute approximate surface area is 124 Å². The van der Waals surface area contributed by atoms with Gasteiger partial charge in [-0.1, -0.05) is 12.1 Å². The maximum atomic E-state index is 11.4. The Morgan fingerprint density at radius 3 is 2.38 bits per heavy atom. The Bertz CT molecular complexity index is 584. The largest absolute Gasteiger partial charge is 0.310 e. The summed E-state index contributed by atoms with van der Waals surface area (Å²) in [5.74, 6) is 0.949. The van der Waals surface area contributed by atoms with Crippen LogP contribution in [0.4, 0.5) is 5.69 Å². The van der Waals surface area contributed by atoms with Crippen LogP contribution in [-0.4, -0.2) is 31.4 Å². The lowest BCUT2D eigenvalue weighted by atomic mass is 10.0. The van der Waals surface area contributed by atoms with E-state index >= 15 is 0 Å². The van der Waals surface area contributed by atoms with Crippen molar-refractivity contribution in [2.75, 3.05) is 18.1 Å². The highest BCUT2D eigenvalue weighted by Crippen LogP contribution is 2.21. The summed E-state index contributed by atoms with van der Waals surface area (Å²) in [6.07, 6.45) is 1.42. The molecule has 1 unspecified atom stereocenters. The molecule has 1 N–H and O–H groups in total. The first-order chi connectivity index (χ1) is 9.87. The number of rotatable bonds is 5. The molecule has 0 aromatic heterocycles. The van der Waals surface area contributed by atoms with Crippen LogP contribution < -0.4 is 5.32 Å². The minimum absolute atomic E-state index is 0.0865. The molecule has 1 aliphatic rings. The number of non-ortho nitro benzene ring substituents is 1. The van der Waals surface area contributed by atoms with Gasteiger partial charge in [-0.2, -0.15) is 0 Å². The van der Waals surface area contributed by atoms with E-state index in [1.54, 1.807) is 12.1 Å². The molecule has 116 valence electrons. The van der Waals surface area contributed by atoms with Gasteiger partial charge in [-0.25, -0.2) is 8.42 Å². The summed E-state index contributed by atoms with van der Waals surface area (Å²) in [7, 11) is -2.81. The standard InChI is InChI=1S/C14H20N2O4S/c1-11(13-2-4-14(5-3-13)16(17)18)15-10-12-6-8-21(19,20)9-7-12/h2-5,11-12,15H,6-10H2,1H3. The molecule has 0 saturated carbocycles. The number of sulfone groups is 1. The first kappa shape index (κ1) is 15.9. The normalized spacial score (nSPS) is 20.0. The van der Waals surface area contributed by atoms with Crippen molar-refractivity contribution in [2.24, 2.45) is 5.92 Å². The average Bonchev–Trinajstić information content (AvgIpc) is 2.46. The molecule has 7 heteroatoms. The SMILES string of the molecule is CC(NCC1CCS(=O)(=O)CC1)c1ccc([N+](=O)[O-])cc1. The Morgan fingerprint density at radius 2 is 1.86 bits per heavy atom. The second-order valence-electron chi connectivity index (χ2n) is 5.57. The summed E-state index contributed by atoms with van der Waals surface area (Å²) >= 11 is 0. The quantitative estimate of drug-likeness (QED) is 0.664. The monoisotopic (exact) mass is 312 g/mol. The molecule has 1 aromatic rings. The molecule has 1 aromatic carbocycles. The van der Waals surface area contributed by atoms with E-state index in [1.807, 2.05) is 6.92 Å². The maximum Gasteiger partial charge on any atom is 0.269 e. The van der Waals surface area contributed by atoms with E-state index in [2.05, 4.69) is 5.32 Å². The number of nitrogens with one attached hydrogen (secondary N) is 1. The van der Waals surface area contributed by atoms with Crippen LogP contribution in [0.25, 0.3) is 0 Å². The number of nitro benzene ring substituents is 1. The van der Waals surface area contributed by atoms with Gasteiger partial charge in [0, 0.05) is 18.2 Å². The van der Waals surface area contributed by atoms with Crippen molar-refractivity contribution < 1.29 is 13.3 Å². The van der Waals surface area contributed by atoms with E-state index in [-0.39, 0.29) is 23.2 Å². The Kier molecular flexibility index (Phi) is 4.95. The molecule has 0 amide bonds. The van der Waals surface area contributed by atoms with Crippen molar-refractivity contribution in [1.29, 1.82) is 0 Å². The summed E-state index contributed by atoms with van der Waals surface area (Å²) < 4.78 is 22.7. The van der Waals surface area contributed by atoms with E-state index in [0.717, 1.165) is 12.1 Å². The third kappa shape index (κ3) is 4.50. The van der Waals surface area contributed by atoms with Crippen molar-refractivity contribution >= 4 is 15.5 Å². The molecule has 1 heterocycles. The second-order valence-corrected chi connectivity index (χ2v) is 7.88. The highest BCUT2D eigenvalue weighted by atomic mass is 32.2. The van der Waals surface area contributed by atoms with E-state index in [1.165, 1.54) is 12.1 Å². The van der Waals surface area contributed by atoms with E-state index in [9.17, 15) is 18.5 Å². The molecule has 1 atom stereocenters. The zero-order valence-corrected chi connectivity index (χ0v) is 12.8. The van der Waals surface area contributed by atoms with E-state index < -0.39 is 14.8 Å². The maximum absolute atomic E-state index is 11.4. The van der Waals surface area contributed by atoms with Crippen LogP contribution in [-0.2, 0) is 9.84 Å². The number of hydrogen-bond acceptors (Lipinski definition) is 5. The van der Waals surface area contributed by atoms with Gasteiger partial charge in [0.1, 0.15) is 9.84 Å². The highest BCUT2D eigenvalue weighted by Gasteiger charge is 2.23. The van der Waals surface area contributed by atoms with Gasteiger partial charge < -0.3 is 5.32 Å². The second kappa shape index (κ2) is 6.53. The summed E-state index contributed by atoms with van der Waals surface area (Å²) in [6.45, 7) is 2.77. The Morgan fingerprint density at radius 1 is 1.29 bits per heavy atom. The molecule has 1 fully saturated rings. The van der Waals surface area contributed by atoms with E-state index in [4.69, 9.17) is 0 Å². The highest BCUT2D eigenvalue weighted by molar-refractivity contribution is 7.91. The van der Waals surface area contributed by atoms with Crippen LogP contribution >= 0.6 is 0 Å². The minimum Gasteiger partial charge on any atom is -0.310 e. The van der Waals surface area contributed by atoms with Crippen LogP contribution in [0, 0.1) is 16.0 Å². The molecule has 6 nitrogen and oxygen atoms in total. The number of benzene rings is 1. The van der Waals surface area contributed by atoms with Gasteiger partial charge in [0.05, 0.1) is 16.4 Å². The molecular formula is C14H20N2O4S. The topological polar surface area (TPSA) is 89.3 Å². The van der Waals surface area contributed by atoms with Crippen molar-refractivity contribution in [3.05, 3.63) is 39.9 Å². The first-order valence-electron chi connectivity index (χ1n) is 7.05. The molecule has 0 radical (unpaired) electrons. The Hall–Kier alpha value is -1.47. The van der Waals surface area contributed by atoms with Crippen LogP contribution in [0.5, 0.6) is 0 Å². The molecule has 1 saturated heterocycles. The van der Waals surface area contributed by atoms with Crippen molar-refractivity contribution in [2.45, 2.75) is 25.8 Å². The third-order valence-corrected chi connectivity index (χ3v) is 5.71. The molecular weight excluding hydrogens is 292 g/mol. The van der Waals surface area contributed by atoms with Gasteiger partial charge in [-0.3, -0.25) is 10.1 Å². The zero-order valence-electron chi connectivity index (χ0n) is 12.0. The first-order valence-corrected chi connectivity index (χ1v) is 8.88. The number of hydrogen-bond donors (Lipinski definition) is 1. The fourth-order valence-corrected chi connectivity index (χ4v) is 4.08. The lowest BCUT2D eigenvalue weighted by Crippen LogP contribution is -2.32. The van der Waals surface area contributed by atoms with Gasteiger partial charge >= 0.3 is 0 Å². The summed E-state index contributed by atoms with van der Waals surface area (Å²) in [5.41, 5.74) is 1.08. The van der Waals surface area contributed by atoms with Gasteiger partial charge in [0.2, 0.25) is 0 Å². The van der Waals surface area contributed by atoms with Gasteiger partial charge in [-0.05, 0) is 37.8 Å². The predicted octanol–water partition coefficient (Wildman–Crippen LogP) is 2.07. The molecule has 2 rings (SSSR count). The minimum atomic E-state index is -2.81. The lowest BCUT2D eigenvalue weighted by molar-refractivity contribution is -0.384. The smallest absolute Gasteiger partial charge is 0.269 e. The molecule has 0 aliphatic carbocycles. The van der Waals surface area contributed by atoms with Gasteiger partial charge in [0.15, 0.2) is 0 Å².